The van der Waals surface area contributed by atoms with E-state index in [1.807, 2.05) is 0 Å². The highest BCUT2D eigenvalue weighted by Gasteiger charge is 2.19. The van der Waals surface area contributed by atoms with Gasteiger partial charge in [-0.3, -0.25) is 0 Å². The van der Waals surface area contributed by atoms with Gasteiger partial charge in [0.2, 0.25) is 5.70 Å². The maximum Gasteiger partial charge on any atom is 0.452 e. The number of rotatable bonds is 4. The number of aliphatic hydroxyl groups excluding tert-OH is 1. The molecule has 0 unspecified atom stereocenters. The van der Waals surface area contributed by atoms with Gasteiger partial charge in [-0.05, 0) is 27.7 Å². The van der Waals surface area contributed by atoms with Crippen molar-refractivity contribution in [2.24, 2.45) is 10.2 Å². The summed E-state index contributed by atoms with van der Waals surface area (Å²) in [6.07, 6.45) is -0.778. The fourth-order valence-corrected chi connectivity index (χ4v) is 0.956. The smallest absolute Gasteiger partial charge is 0.452 e. The Morgan fingerprint density at radius 3 is 2.16 bits per heavy atom. The number of azo groups is 1. The van der Waals surface area contributed by atoms with Crippen molar-refractivity contribution < 1.29 is 24.2 Å². The zero-order valence-corrected chi connectivity index (χ0v) is 11.9. The van der Waals surface area contributed by atoms with Crippen LogP contribution in [0.2, 0.25) is 0 Å². The molecule has 7 heteroatoms. The summed E-state index contributed by atoms with van der Waals surface area (Å²) in [5, 5.41) is 16.2. The van der Waals surface area contributed by atoms with Crippen LogP contribution in [0, 0.1) is 0 Å². The molecule has 0 aromatic rings. The molecule has 0 aromatic heterocycles. The maximum atomic E-state index is 11.5. The van der Waals surface area contributed by atoms with Crippen molar-refractivity contribution in [1.82, 2.24) is 0 Å². The highest BCUT2D eigenvalue weighted by Crippen LogP contribution is 2.12. The Morgan fingerprint density at radius 2 is 1.74 bits per heavy atom. The molecule has 7 nitrogen and oxygen atoms in total. The molecule has 0 radical (unpaired) electrons. The lowest BCUT2D eigenvalue weighted by Crippen LogP contribution is -2.21. The molecule has 0 aliphatic carbocycles. The summed E-state index contributed by atoms with van der Waals surface area (Å²) in [4.78, 5) is 22.8. The van der Waals surface area contributed by atoms with Crippen LogP contribution >= 0.6 is 0 Å². The standard InChI is InChI=1S/C12H20N2O5/c1-6-8(15)9(10(16)18-7-2)13-14-11(17)19-12(3,4)5/h15H,6-7H2,1-5H3. The van der Waals surface area contributed by atoms with Crippen molar-refractivity contribution in [2.45, 2.75) is 46.6 Å². The van der Waals surface area contributed by atoms with E-state index < -0.39 is 23.4 Å². The number of esters is 1. The first kappa shape index (κ1) is 17.1. The minimum absolute atomic E-state index is 0.126. The summed E-state index contributed by atoms with van der Waals surface area (Å²) in [5.41, 5.74) is -1.10. The normalized spacial score (nSPS) is 13.1. The Kier molecular flexibility index (Phi) is 6.74. The lowest BCUT2D eigenvalue weighted by atomic mass is 10.2. The molecule has 0 heterocycles. The van der Waals surface area contributed by atoms with E-state index >= 15 is 0 Å². The number of amides is 1. The Hall–Kier alpha value is -1.92. The summed E-state index contributed by atoms with van der Waals surface area (Å²) >= 11 is 0. The van der Waals surface area contributed by atoms with Gasteiger partial charge in [-0.25, -0.2) is 9.59 Å². The molecule has 0 saturated heterocycles. The number of carbonyl (C=O) groups excluding carboxylic acids is 2. The third-order valence-corrected chi connectivity index (χ3v) is 1.70. The van der Waals surface area contributed by atoms with Crippen molar-refractivity contribution >= 4 is 12.1 Å². The molecule has 0 aromatic carbocycles. The topological polar surface area (TPSA) is 97.6 Å². The Balaban J connectivity index is 4.95. The fourth-order valence-electron chi connectivity index (χ4n) is 0.956. The van der Waals surface area contributed by atoms with Crippen LogP contribution in [0.15, 0.2) is 21.7 Å². The molecule has 0 spiro atoms. The predicted molar refractivity (Wildman–Crippen MR) is 67.7 cm³/mol. The molecular weight excluding hydrogens is 252 g/mol. The third-order valence-electron chi connectivity index (χ3n) is 1.70. The molecule has 1 amide bonds. The second-order valence-electron chi connectivity index (χ2n) is 4.55. The molecule has 0 aliphatic heterocycles. The summed E-state index contributed by atoms with van der Waals surface area (Å²) in [5.74, 6) is -1.14. The average Bonchev–Trinajstić information content (AvgIpc) is 2.26. The third kappa shape index (κ3) is 7.17. The largest absolute Gasteiger partial charge is 0.510 e. The number of allylic oxidation sites excluding steroid dienone is 1. The molecule has 1 N–H and O–H groups in total. The van der Waals surface area contributed by atoms with Crippen LogP contribution in [-0.2, 0) is 14.3 Å². The van der Waals surface area contributed by atoms with Gasteiger partial charge in [0.1, 0.15) is 11.4 Å². The Morgan fingerprint density at radius 1 is 1.16 bits per heavy atom. The van der Waals surface area contributed by atoms with Crippen molar-refractivity contribution in [1.29, 1.82) is 0 Å². The molecule has 0 rings (SSSR count). The molecule has 19 heavy (non-hydrogen) atoms. The molecule has 0 bridgehead atoms. The molecular formula is C12H20N2O5. The Bertz CT molecular complexity index is 393. The van der Waals surface area contributed by atoms with Crippen molar-refractivity contribution in [3.05, 3.63) is 11.5 Å². The number of carbonyl (C=O) groups is 2. The summed E-state index contributed by atoms with van der Waals surface area (Å²) < 4.78 is 9.58. The van der Waals surface area contributed by atoms with E-state index in [0.717, 1.165) is 0 Å². The van der Waals surface area contributed by atoms with Gasteiger partial charge in [0, 0.05) is 6.42 Å². The van der Waals surface area contributed by atoms with E-state index in [1.54, 1.807) is 34.6 Å². The van der Waals surface area contributed by atoms with Crippen LogP contribution in [0.25, 0.3) is 0 Å². The first-order valence-corrected chi connectivity index (χ1v) is 5.95. The first-order chi connectivity index (χ1) is 8.71. The molecule has 0 saturated carbocycles. The minimum Gasteiger partial charge on any atom is -0.510 e. The van der Waals surface area contributed by atoms with Gasteiger partial charge in [0.05, 0.1) is 6.61 Å². The van der Waals surface area contributed by atoms with E-state index in [1.165, 1.54) is 0 Å². The van der Waals surface area contributed by atoms with Gasteiger partial charge >= 0.3 is 12.1 Å². The highest BCUT2D eigenvalue weighted by atomic mass is 16.6. The summed E-state index contributed by atoms with van der Waals surface area (Å²) in [6, 6.07) is 0. The van der Waals surface area contributed by atoms with E-state index in [2.05, 4.69) is 10.2 Å². The Labute approximate surface area is 112 Å². The van der Waals surface area contributed by atoms with Crippen molar-refractivity contribution in [3.63, 3.8) is 0 Å². The fraction of sp³-hybridized carbons (Fsp3) is 0.667. The first-order valence-electron chi connectivity index (χ1n) is 5.95. The molecule has 108 valence electrons. The van der Waals surface area contributed by atoms with Crippen LogP contribution in [0.3, 0.4) is 0 Å². The maximum absolute atomic E-state index is 11.5. The zero-order valence-electron chi connectivity index (χ0n) is 11.9. The summed E-state index contributed by atoms with van der Waals surface area (Å²) in [7, 11) is 0. The van der Waals surface area contributed by atoms with Gasteiger partial charge in [-0.2, -0.15) is 0 Å². The zero-order chi connectivity index (χ0) is 15.1. The lowest BCUT2D eigenvalue weighted by molar-refractivity contribution is -0.138. The van der Waals surface area contributed by atoms with Gasteiger partial charge in [0.25, 0.3) is 0 Å². The van der Waals surface area contributed by atoms with Crippen LogP contribution in [-0.4, -0.2) is 29.4 Å². The monoisotopic (exact) mass is 272 g/mol. The van der Waals surface area contributed by atoms with Gasteiger partial charge in [-0.1, -0.05) is 12.0 Å². The van der Waals surface area contributed by atoms with E-state index in [0.29, 0.717) is 0 Å². The van der Waals surface area contributed by atoms with Gasteiger partial charge in [-0.15, -0.1) is 5.11 Å². The number of ether oxygens (including phenoxy) is 2. The second kappa shape index (κ2) is 7.50. The summed E-state index contributed by atoms with van der Waals surface area (Å²) in [6.45, 7) is 8.38. The van der Waals surface area contributed by atoms with Crippen molar-refractivity contribution in [3.8, 4) is 0 Å². The quantitative estimate of drug-likeness (QED) is 0.367. The highest BCUT2D eigenvalue weighted by molar-refractivity contribution is 5.88. The molecule has 0 fully saturated rings. The number of hydrogen-bond donors (Lipinski definition) is 1. The number of aliphatic hydroxyl groups is 1. The lowest BCUT2D eigenvalue weighted by Gasteiger charge is -2.16. The average molecular weight is 272 g/mol. The number of nitrogens with zero attached hydrogens (tertiary/aromatic N) is 2. The van der Waals surface area contributed by atoms with Crippen LogP contribution in [0.4, 0.5) is 4.79 Å². The van der Waals surface area contributed by atoms with E-state index in [-0.39, 0.29) is 18.8 Å². The van der Waals surface area contributed by atoms with Crippen LogP contribution in [0.5, 0.6) is 0 Å². The molecule has 0 aliphatic rings. The predicted octanol–water partition coefficient (Wildman–Crippen LogP) is 3.12. The van der Waals surface area contributed by atoms with Crippen molar-refractivity contribution in [2.75, 3.05) is 6.61 Å². The molecule has 0 atom stereocenters. The van der Waals surface area contributed by atoms with Gasteiger partial charge in [0.15, 0.2) is 0 Å². The van der Waals surface area contributed by atoms with Gasteiger partial charge < -0.3 is 14.6 Å². The SMILES string of the molecule is CCOC(=O)C(N=NC(=O)OC(C)(C)C)=C(O)CC. The number of hydrogen-bond acceptors (Lipinski definition) is 6. The van der Waals surface area contributed by atoms with E-state index in [4.69, 9.17) is 9.47 Å². The second-order valence-corrected chi connectivity index (χ2v) is 4.55. The van der Waals surface area contributed by atoms with E-state index in [9.17, 15) is 14.7 Å². The minimum atomic E-state index is -0.946. The van der Waals surface area contributed by atoms with Crippen LogP contribution < -0.4 is 0 Å². The van der Waals surface area contributed by atoms with Crippen LogP contribution in [0.1, 0.15) is 41.0 Å².